The van der Waals surface area contributed by atoms with Crippen LogP contribution in [0.25, 0.3) is 0 Å². The first-order chi connectivity index (χ1) is 10.9. The second kappa shape index (κ2) is 7.86. The quantitative estimate of drug-likeness (QED) is 0.871. The van der Waals surface area contributed by atoms with E-state index in [9.17, 15) is 14.3 Å². The molecule has 0 aromatic heterocycles. The van der Waals surface area contributed by atoms with Gasteiger partial charge in [-0.3, -0.25) is 9.69 Å². The Hall–Kier alpha value is -1.50. The number of aliphatic hydroxyl groups is 1. The van der Waals surface area contributed by atoms with E-state index in [1.165, 1.54) is 11.0 Å². The van der Waals surface area contributed by atoms with Crippen LogP contribution in [-0.4, -0.2) is 85.2 Å². The molecule has 1 N–H and O–H groups in total. The highest BCUT2D eigenvalue weighted by molar-refractivity contribution is 5.94. The van der Waals surface area contributed by atoms with E-state index in [1.54, 1.807) is 19.2 Å². The predicted octanol–water partition coefficient (Wildman–Crippen LogP) is 0.814. The second-order valence-corrected chi connectivity index (χ2v) is 6.43. The van der Waals surface area contributed by atoms with E-state index in [4.69, 9.17) is 0 Å². The number of nitrogens with zero attached hydrogens (tertiary/aromatic N) is 3. The molecule has 23 heavy (non-hydrogen) atoms. The maximum Gasteiger partial charge on any atom is 0.256 e. The number of carbonyl (C=O) groups excluding carboxylic acids is 1. The number of piperazine rings is 1. The van der Waals surface area contributed by atoms with Crippen LogP contribution in [0.5, 0.6) is 0 Å². The molecule has 2 rings (SSSR count). The van der Waals surface area contributed by atoms with Crippen molar-refractivity contribution in [1.82, 2.24) is 14.7 Å². The van der Waals surface area contributed by atoms with Gasteiger partial charge in [-0.15, -0.1) is 0 Å². The van der Waals surface area contributed by atoms with Crippen molar-refractivity contribution in [2.45, 2.75) is 13.0 Å². The zero-order chi connectivity index (χ0) is 17.0. The summed E-state index contributed by atoms with van der Waals surface area (Å²) in [5.41, 5.74) is 0.889. The summed E-state index contributed by atoms with van der Waals surface area (Å²) in [6, 6.07) is 4.48. The molecule has 1 aromatic carbocycles. The molecule has 0 aliphatic carbocycles. The molecule has 1 unspecified atom stereocenters. The van der Waals surface area contributed by atoms with Crippen molar-refractivity contribution < 1.29 is 14.3 Å². The summed E-state index contributed by atoms with van der Waals surface area (Å²) in [7, 11) is 3.67. The fraction of sp³-hybridized carbons (Fsp3) is 0.588. The van der Waals surface area contributed by atoms with E-state index in [-0.39, 0.29) is 12.1 Å². The molecule has 1 saturated heterocycles. The molecule has 1 aromatic rings. The van der Waals surface area contributed by atoms with Gasteiger partial charge < -0.3 is 14.9 Å². The SMILES string of the molecule is Cc1ccc(F)c(C(=O)N(C)CC(O)CN2CCN(C)CC2)c1. The van der Waals surface area contributed by atoms with Crippen LogP contribution in [0.15, 0.2) is 18.2 Å². The molecule has 5 nitrogen and oxygen atoms in total. The minimum atomic E-state index is -0.639. The molecule has 0 saturated carbocycles. The molecule has 6 heteroatoms. The van der Waals surface area contributed by atoms with Crippen LogP contribution >= 0.6 is 0 Å². The molecule has 0 bridgehead atoms. The monoisotopic (exact) mass is 323 g/mol. The smallest absolute Gasteiger partial charge is 0.256 e. The summed E-state index contributed by atoms with van der Waals surface area (Å²) in [4.78, 5) is 18.2. The van der Waals surface area contributed by atoms with Gasteiger partial charge in [0.1, 0.15) is 5.82 Å². The molecule has 1 fully saturated rings. The van der Waals surface area contributed by atoms with Gasteiger partial charge in [-0.2, -0.15) is 0 Å². The van der Waals surface area contributed by atoms with E-state index in [1.807, 2.05) is 6.92 Å². The van der Waals surface area contributed by atoms with Crippen molar-refractivity contribution in [3.8, 4) is 0 Å². The molecule has 0 spiro atoms. The van der Waals surface area contributed by atoms with Crippen molar-refractivity contribution in [2.75, 3.05) is 53.4 Å². The molecule has 1 aliphatic rings. The van der Waals surface area contributed by atoms with Gasteiger partial charge in [0, 0.05) is 46.3 Å². The third-order valence-corrected chi connectivity index (χ3v) is 4.25. The number of likely N-dealkylation sites (N-methyl/N-ethyl adjacent to an activating group) is 2. The fourth-order valence-corrected chi connectivity index (χ4v) is 2.79. The Labute approximate surface area is 137 Å². The lowest BCUT2D eigenvalue weighted by Crippen LogP contribution is -2.49. The highest BCUT2D eigenvalue weighted by Crippen LogP contribution is 2.12. The normalized spacial score (nSPS) is 18.0. The molecular weight excluding hydrogens is 297 g/mol. The van der Waals surface area contributed by atoms with Gasteiger partial charge in [0.2, 0.25) is 0 Å². The minimum Gasteiger partial charge on any atom is -0.390 e. The number of carbonyl (C=O) groups is 1. The highest BCUT2D eigenvalue weighted by Gasteiger charge is 2.21. The van der Waals surface area contributed by atoms with E-state index < -0.39 is 17.8 Å². The van der Waals surface area contributed by atoms with Crippen LogP contribution in [-0.2, 0) is 0 Å². The fourth-order valence-electron chi connectivity index (χ4n) is 2.79. The van der Waals surface area contributed by atoms with E-state index in [0.717, 1.165) is 31.7 Å². The lowest BCUT2D eigenvalue weighted by molar-refractivity contribution is 0.0499. The van der Waals surface area contributed by atoms with Crippen LogP contribution in [0.2, 0.25) is 0 Å². The lowest BCUT2D eigenvalue weighted by Gasteiger charge is -2.34. The first-order valence-electron chi connectivity index (χ1n) is 7.97. The van der Waals surface area contributed by atoms with Crippen LogP contribution < -0.4 is 0 Å². The number of hydrogen-bond donors (Lipinski definition) is 1. The summed E-state index contributed by atoms with van der Waals surface area (Å²) in [5.74, 6) is -0.926. The summed E-state index contributed by atoms with van der Waals surface area (Å²) in [5, 5.41) is 10.2. The molecular formula is C17H26FN3O2. The van der Waals surface area contributed by atoms with Crippen LogP contribution in [0, 0.1) is 12.7 Å². The third-order valence-electron chi connectivity index (χ3n) is 4.25. The molecule has 1 atom stereocenters. The largest absolute Gasteiger partial charge is 0.390 e. The maximum atomic E-state index is 13.8. The lowest BCUT2D eigenvalue weighted by atomic mass is 10.1. The Kier molecular flexibility index (Phi) is 6.10. The number of benzene rings is 1. The van der Waals surface area contributed by atoms with E-state index >= 15 is 0 Å². The van der Waals surface area contributed by atoms with Gasteiger partial charge in [0.05, 0.1) is 11.7 Å². The van der Waals surface area contributed by atoms with Crippen molar-refractivity contribution in [2.24, 2.45) is 0 Å². The Morgan fingerprint density at radius 2 is 2.00 bits per heavy atom. The third kappa shape index (κ3) is 4.99. The molecule has 0 radical (unpaired) electrons. The Bertz CT molecular complexity index is 545. The Morgan fingerprint density at radius 1 is 1.35 bits per heavy atom. The van der Waals surface area contributed by atoms with Crippen molar-refractivity contribution >= 4 is 5.91 Å². The van der Waals surface area contributed by atoms with Crippen LogP contribution in [0.3, 0.4) is 0 Å². The zero-order valence-corrected chi connectivity index (χ0v) is 14.1. The molecule has 1 heterocycles. The Balaban J connectivity index is 1.88. The van der Waals surface area contributed by atoms with Gasteiger partial charge in [-0.25, -0.2) is 4.39 Å². The van der Waals surface area contributed by atoms with Crippen LogP contribution in [0.4, 0.5) is 4.39 Å². The average molecular weight is 323 g/mol. The summed E-state index contributed by atoms with van der Waals surface area (Å²) in [6.45, 7) is 6.33. The number of amides is 1. The van der Waals surface area contributed by atoms with Gasteiger partial charge in [-0.05, 0) is 26.1 Å². The number of rotatable bonds is 5. The van der Waals surface area contributed by atoms with Gasteiger partial charge in [0.15, 0.2) is 0 Å². The minimum absolute atomic E-state index is 0.0549. The number of halogens is 1. The van der Waals surface area contributed by atoms with Crippen molar-refractivity contribution in [3.05, 3.63) is 35.1 Å². The van der Waals surface area contributed by atoms with Crippen molar-refractivity contribution in [3.63, 3.8) is 0 Å². The van der Waals surface area contributed by atoms with E-state index in [0.29, 0.717) is 6.54 Å². The van der Waals surface area contributed by atoms with Crippen molar-refractivity contribution in [1.29, 1.82) is 0 Å². The van der Waals surface area contributed by atoms with Crippen LogP contribution in [0.1, 0.15) is 15.9 Å². The Morgan fingerprint density at radius 3 is 2.65 bits per heavy atom. The number of β-amino-alcohol motifs (C(OH)–C–C–N with tert-alkyl or cyclic N) is 1. The van der Waals surface area contributed by atoms with Gasteiger partial charge >= 0.3 is 0 Å². The average Bonchev–Trinajstić information content (AvgIpc) is 2.51. The predicted molar refractivity (Wildman–Crippen MR) is 88.0 cm³/mol. The molecule has 1 aliphatic heterocycles. The summed E-state index contributed by atoms with van der Waals surface area (Å²) >= 11 is 0. The maximum absolute atomic E-state index is 13.8. The zero-order valence-electron chi connectivity index (χ0n) is 14.1. The number of aliphatic hydroxyl groups excluding tert-OH is 1. The molecule has 128 valence electrons. The molecule has 1 amide bonds. The number of aryl methyl sites for hydroxylation is 1. The topological polar surface area (TPSA) is 47.0 Å². The van der Waals surface area contributed by atoms with E-state index in [2.05, 4.69) is 16.8 Å². The second-order valence-electron chi connectivity index (χ2n) is 6.43. The first-order valence-corrected chi connectivity index (χ1v) is 7.97. The van der Waals surface area contributed by atoms with Gasteiger partial charge in [0.25, 0.3) is 5.91 Å². The first kappa shape index (κ1) is 17.8. The summed E-state index contributed by atoms with van der Waals surface area (Å²) < 4.78 is 13.8. The summed E-state index contributed by atoms with van der Waals surface area (Å²) in [6.07, 6.45) is -0.639. The number of hydrogen-bond acceptors (Lipinski definition) is 4. The standard InChI is InChI=1S/C17H26FN3O2/c1-13-4-5-16(18)15(10-13)17(23)20(3)11-14(22)12-21-8-6-19(2)7-9-21/h4-5,10,14,22H,6-9,11-12H2,1-3H3. The highest BCUT2D eigenvalue weighted by atomic mass is 19.1. The van der Waals surface area contributed by atoms with Gasteiger partial charge in [-0.1, -0.05) is 11.6 Å².